The molecule has 0 saturated carbocycles. The van der Waals surface area contributed by atoms with Gasteiger partial charge in [-0.2, -0.15) is 5.26 Å². The summed E-state index contributed by atoms with van der Waals surface area (Å²) in [4.78, 5) is 13.6. The van der Waals surface area contributed by atoms with Crippen LogP contribution in [0.25, 0.3) is 0 Å². The van der Waals surface area contributed by atoms with Crippen molar-refractivity contribution >= 4 is 6.09 Å². The maximum Gasteiger partial charge on any atom is 0.410 e. The molecule has 102 valence electrons. The highest BCUT2D eigenvalue weighted by molar-refractivity contribution is 5.68. The predicted molar refractivity (Wildman–Crippen MR) is 69.9 cm³/mol. The summed E-state index contributed by atoms with van der Waals surface area (Å²) in [5, 5.41) is 9.05. The van der Waals surface area contributed by atoms with Gasteiger partial charge in [0.15, 0.2) is 0 Å². The first kappa shape index (κ1) is 14.8. The van der Waals surface area contributed by atoms with Crippen LogP contribution >= 0.6 is 0 Å². The van der Waals surface area contributed by atoms with Crippen LogP contribution in [0.2, 0.25) is 0 Å². The quantitative estimate of drug-likeness (QED) is 0.758. The minimum atomic E-state index is -0.438. The lowest BCUT2D eigenvalue weighted by atomic mass is 9.84. The van der Waals surface area contributed by atoms with Crippen molar-refractivity contribution in [1.82, 2.24) is 4.90 Å². The summed E-state index contributed by atoms with van der Waals surface area (Å²) in [6.45, 7) is 9.09. The highest BCUT2D eigenvalue weighted by Gasteiger charge is 2.29. The standard InChI is InChI=1S/C14H24N2O2/c1-5-11(10-15)12-6-8-16(9-7-12)13(17)18-14(2,3)4/h11-12H,5-9H2,1-4H3. The molecule has 1 amide bonds. The van der Waals surface area contributed by atoms with E-state index >= 15 is 0 Å². The molecule has 0 aromatic carbocycles. The Balaban J connectivity index is 2.45. The first-order valence-corrected chi connectivity index (χ1v) is 6.75. The molecule has 0 bridgehead atoms. The summed E-state index contributed by atoms with van der Waals surface area (Å²) in [7, 11) is 0. The number of carbonyl (C=O) groups excluding carboxylic acids is 1. The van der Waals surface area contributed by atoms with E-state index in [2.05, 4.69) is 6.07 Å². The van der Waals surface area contributed by atoms with E-state index in [0.717, 1.165) is 19.3 Å². The third-order valence-electron chi connectivity index (χ3n) is 3.37. The summed E-state index contributed by atoms with van der Waals surface area (Å²) in [5.41, 5.74) is -0.438. The van der Waals surface area contributed by atoms with E-state index in [0.29, 0.717) is 19.0 Å². The Hall–Kier alpha value is -1.24. The number of nitrogens with zero attached hydrogens (tertiary/aromatic N) is 2. The minimum absolute atomic E-state index is 0.130. The zero-order valence-corrected chi connectivity index (χ0v) is 11.9. The van der Waals surface area contributed by atoms with Gasteiger partial charge in [0.2, 0.25) is 0 Å². The molecule has 0 N–H and O–H groups in total. The van der Waals surface area contributed by atoms with Crippen LogP contribution in [0.3, 0.4) is 0 Å². The van der Waals surface area contributed by atoms with Gasteiger partial charge >= 0.3 is 6.09 Å². The van der Waals surface area contributed by atoms with Gasteiger partial charge in [-0.3, -0.25) is 0 Å². The molecular formula is C14H24N2O2. The van der Waals surface area contributed by atoms with Gasteiger partial charge in [0.25, 0.3) is 0 Å². The molecule has 0 aromatic heterocycles. The zero-order chi connectivity index (χ0) is 13.8. The van der Waals surface area contributed by atoms with Crippen LogP contribution in [0.1, 0.15) is 47.0 Å². The van der Waals surface area contributed by atoms with Crippen molar-refractivity contribution < 1.29 is 9.53 Å². The molecule has 0 spiro atoms. The van der Waals surface area contributed by atoms with Crippen LogP contribution in [-0.4, -0.2) is 29.7 Å². The van der Waals surface area contributed by atoms with E-state index < -0.39 is 5.60 Å². The van der Waals surface area contributed by atoms with Crippen LogP contribution in [0.5, 0.6) is 0 Å². The van der Waals surface area contributed by atoms with Gasteiger partial charge in [-0.1, -0.05) is 6.92 Å². The van der Waals surface area contributed by atoms with Crippen LogP contribution in [-0.2, 0) is 4.74 Å². The Morgan fingerprint density at radius 2 is 2.00 bits per heavy atom. The normalized spacial score (nSPS) is 19.2. The molecule has 1 heterocycles. The van der Waals surface area contributed by atoms with Gasteiger partial charge in [-0.05, 0) is 46.0 Å². The molecule has 1 fully saturated rings. The van der Waals surface area contributed by atoms with Crippen molar-refractivity contribution in [3.05, 3.63) is 0 Å². The van der Waals surface area contributed by atoms with Crippen molar-refractivity contribution in [1.29, 1.82) is 5.26 Å². The molecule has 1 rings (SSSR count). The van der Waals surface area contributed by atoms with Crippen molar-refractivity contribution in [2.75, 3.05) is 13.1 Å². The van der Waals surface area contributed by atoms with Crippen molar-refractivity contribution in [3.63, 3.8) is 0 Å². The smallest absolute Gasteiger partial charge is 0.410 e. The fraction of sp³-hybridized carbons (Fsp3) is 0.857. The Labute approximate surface area is 110 Å². The molecule has 18 heavy (non-hydrogen) atoms. The topological polar surface area (TPSA) is 53.3 Å². The lowest BCUT2D eigenvalue weighted by Crippen LogP contribution is -2.42. The molecule has 1 saturated heterocycles. The second-order valence-electron chi connectivity index (χ2n) is 5.95. The summed E-state index contributed by atoms with van der Waals surface area (Å²) >= 11 is 0. The van der Waals surface area contributed by atoms with Gasteiger partial charge < -0.3 is 9.64 Å². The average molecular weight is 252 g/mol. The maximum atomic E-state index is 11.9. The number of carbonyl (C=O) groups is 1. The fourth-order valence-electron chi connectivity index (χ4n) is 2.34. The average Bonchev–Trinajstić information content (AvgIpc) is 2.29. The van der Waals surface area contributed by atoms with Crippen molar-refractivity contribution in [3.8, 4) is 6.07 Å². The number of nitriles is 1. The van der Waals surface area contributed by atoms with Crippen molar-refractivity contribution in [2.24, 2.45) is 11.8 Å². The highest BCUT2D eigenvalue weighted by atomic mass is 16.6. The van der Waals surface area contributed by atoms with Gasteiger partial charge in [0.1, 0.15) is 5.60 Å². The molecule has 1 aliphatic heterocycles. The number of piperidine rings is 1. The van der Waals surface area contributed by atoms with Gasteiger partial charge in [-0.25, -0.2) is 4.79 Å². The molecule has 1 aliphatic rings. The van der Waals surface area contributed by atoms with E-state index in [4.69, 9.17) is 10.00 Å². The lowest BCUT2D eigenvalue weighted by molar-refractivity contribution is 0.0169. The van der Waals surface area contributed by atoms with Gasteiger partial charge in [0, 0.05) is 19.0 Å². The Morgan fingerprint density at radius 1 is 1.44 bits per heavy atom. The number of likely N-dealkylation sites (tertiary alicyclic amines) is 1. The number of rotatable bonds is 2. The van der Waals surface area contributed by atoms with Gasteiger partial charge in [0.05, 0.1) is 6.07 Å². The van der Waals surface area contributed by atoms with E-state index in [9.17, 15) is 4.79 Å². The molecular weight excluding hydrogens is 228 g/mol. The second-order valence-corrected chi connectivity index (χ2v) is 5.95. The summed E-state index contributed by atoms with van der Waals surface area (Å²) in [6.07, 6.45) is 2.48. The Kier molecular flexibility index (Phi) is 5.01. The van der Waals surface area contributed by atoms with Gasteiger partial charge in [-0.15, -0.1) is 0 Å². The zero-order valence-electron chi connectivity index (χ0n) is 11.9. The highest BCUT2D eigenvalue weighted by Crippen LogP contribution is 2.27. The number of hydrogen-bond acceptors (Lipinski definition) is 3. The molecule has 0 aromatic rings. The minimum Gasteiger partial charge on any atom is -0.444 e. The largest absolute Gasteiger partial charge is 0.444 e. The van der Waals surface area contributed by atoms with Crippen molar-refractivity contribution in [2.45, 2.75) is 52.6 Å². The number of ether oxygens (including phenoxy) is 1. The third-order valence-corrected chi connectivity index (χ3v) is 3.37. The van der Waals surface area contributed by atoms with Crippen LogP contribution < -0.4 is 0 Å². The molecule has 0 radical (unpaired) electrons. The maximum absolute atomic E-state index is 11.9. The Bertz CT molecular complexity index is 320. The monoisotopic (exact) mass is 252 g/mol. The SMILES string of the molecule is CCC(C#N)C1CCN(C(=O)OC(C)(C)C)CC1. The summed E-state index contributed by atoms with van der Waals surface area (Å²) in [5.74, 6) is 0.560. The van der Waals surface area contributed by atoms with Crippen LogP contribution in [0.4, 0.5) is 4.79 Å². The predicted octanol–water partition coefficient (Wildman–Crippen LogP) is 3.18. The summed E-state index contributed by atoms with van der Waals surface area (Å²) < 4.78 is 5.35. The second kappa shape index (κ2) is 6.08. The molecule has 1 atom stereocenters. The number of amides is 1. The van der Waals surface area contributed by atoms with E-state index in [1.807, 2.05) is 27.7 Å². The first-order valence-electron chi connectivity index (χ1n) is 6.75. The first-order chi connectivity index (χ1) is 8.37. The van der Waals surface area contributed by atoms with E-state index in [1.165, 1.54) is 0 Å². The van der Waals surface area contributed by atoms with Crippen LogP contribution in [0.15, 0.2) is 0 Å². The summed E-state index contributed by atoms with van der Waals surface area (Å²) in [6, 6.07) is 2.37. The molecule has 1 unspecified atom stereocenters. The Morgan fingerprint density at radius 3 is 2.39 bits per heavy atom. The lowest BCUT2D eigenvalue weighted by Gasteiger charge is -2.34. The third kappa shape index (κ3) is 4.21. The van der Waals surface area contributed by atoms with E-state index in [-0.39, 0.29) is 12.0 Å². The fourth-order valence-corrected chi connectivity index (χ4v) is 2.34. The molecule has 0 aliphatic carbocycles. The molecule has 4 heteroatoms. The number of hydrogen-bond donors (Lipinski definition) is 0. The van der Waals surface area contributed by atoms with Crippen LogP contribution in [0, 0.1) is 23.2 Å². The van der Waals surface area contributed by atoms with E-state index in [1.54, 1.807) is 4.90 Å². The molecule has 4 nitrogen and oxygen atoms in total.